The van der Waals surface area contributed by atoms with Gasteiger partial charge in [-0.05, 0) is 43.9 Å². The molecule has 0 radical (unpaired) electrons. The molecule has 1 fully saturated rings. The van der Waals surface area contributed by atoms with Crippen LogP contribution in [0.1, 0.15) is 29.5 Å². The quantitative estimate of drug-likeness (QED) is 0.851. The van der Waals surface area contributed by atoms with Crippen LogP contribution in [0.5, 0.6) is 11.5 Å². The minimum absolute atomic E-state index is 0.200. The number of benzene rings is 1. The first kappa shape index (κ1) is 11.3. The third-order valence-electron chi connectivity index (χ3n) is 3.48. The first-order valence-corrected chi connectivity index (χ1v) is 5.55. The zero-order valence-electron chi connectivity index (χ0n) is 10.4. The Kier molecular flexibility index (Phi) is 2.58. The largest absolute Gasteiger partial charge is 0.493 e. The van der Waals surface area contributed by atoms with Crippen LogP contribution in [-0.4, -0.2) is 14.2 Å². The molecule has 1 aliphatic carbocycles. The molecule has 0 amide bonds. The van der Waals surface area contributed by atoms with Crippen LogP contribution >= 0.6 is 0 Å². The van der Waals surface area contributed by atoms with Gasteiger partial charge in [0.05, 0.1) is 14.2 Å². The molecule has 1 aromatic carbocycles. The number of methoxy groups -OCH3 is 2. The first-order chi connectivity index (χ1) is 7.53. The van der Waals surface area contributed by atoms with E-state index in [9.17, 15) is 0 Å². The predicted octanol–water partition coefficient (Wildman–Crippen LogP) is 2.27. The van der Waals surface area contributed by atoms with E-state index in [1.54, 1.807) is 14.2 Å². The molecule has 16 heavy (non-hydrogen) atoms. The molecule has 1 saturated carbocycles. The van der Waals surface area contributed by atoms with E-state index in [1.165, 1.54) is 11.1 Å². The van der Waals surface area contributed by atoms with Crippen LogP contribution in [0.15, 0.2) is 6.07 Å². The van der Waals surface area contributed by atoms with E-state index < -0.39 is 0 Å². The standard InChI is InChI=1S/C13H19NO2/c1-8-7-10(15-3)12(16-4)11(9(8)2)13(14)5-6-13/h7H,5-6,14H2,1-4H3. The average molecular weight is 221 g/mol. The van der Waals surface area contributed by atoms with E-state index in [2.05, 4.69) is 13.8 Å². The van der Waals surface area contributed by atoms with E-state index in [4.69, 9.17) is 15.2 Å². The van der Waals surface area contributed by atoms with Gasteiger partial charge in [-0.3, -0.25) is 0 Å². The number of ether oxygens (including phenoxy) is 2. The van der Waals surface area contributed by atoms with Crippen LogP contribution in [0.4, 0.5) is 0 Å². The second-order valence-corrected chi connectivity index (χ2v) is 4.59. The Hall–Kier alpha value is -1.22. The Morgan fingerprint density at radius 1 is 1.19 bits per heavy atom. The highest BCUT2D eigenvalue weighted by molar-refractivity contribution is 5.58. The fourth-order valence-corrected chi connectivity index (χ4v) is 2.20. The second-order valence-electron chi connectivity index (χ2n) is 4.59. The van der Waals surface area contributed by atoms with Gasteiger partial charge >= 0.3 is 0 Å². The van der Waals surface area contributed by atoms with Crippen molar-refractivity contribution >= 4 is 0 Å². The molecular weight excluding hydrogens is 202 g/mol. The molecule has 88 valence electrons. The SMILES string of the molecule is COc1cc(C)c(C)c(C2(N)CC2)c1OC. The summed E-state index contributed by atoms with van der Waals surface area (Å²) in [6.07, 6.45) is 2.05. The molecule has 0 unspecified atom stereocenters. The fraction of sp³-hybridized carbons (Fsp3) is 0.538. The van der Waals surface area contributed by atoms with Gasteiger partial charge in [0.15, 0.2) is 11.5 Å². The highest BCUT2D eigenvalue weighted by atomic mass is 16.5. The maximum atomic E-state index is 6.30. The van der Waals surface area contributed by atoms with Gasteiger partial charge in [-0.15, -0.1) is 0 Å². The van der Waals surface area contributed by atoms with E-state index in [-0.39, 0.29) is 5.54 Å². The Morgan fingerprint density at radius 3 is 2.25 bits per heavy atom. The van der Waals surface area contributed by atoms with Gasteiger partial charge in [0.25, 0.3) is 0 Å². The van der Waals surface area contributed by atoms with Crippen LogP contribution in [0.25, 0.3) is 0 Å². The maximum Gasteiger partial charge on any atom is 0.166 e. The fourth-order valence-electron chi connectivity index (χ4n) is 2.20. The number of hydrogen-bond acceptors (Lipinski definition) is 3. The van der Waals surface area contributed by atoms with E-state index in [0.717, 1.165) is 29.9 Å². The monoisotopic (exact) mass is 221 g/mol. The van der Waals surface area contributed by atoms with E-state index in [1.807, 2.05) is 6.07 Å². The highest BCUT2D eigenvalue weighted by Crippen LogP contribution is 2.51. The van der Waals surface area contributed by atoms with Crippen LogP contribution in [0.2, 0.25) is 0 Å². The molecule has 0 heterocycles. The normalized spacial score (nSPS) is 17.1. The third-order valence-corrected chi connectivity index (χ3v) is 3.48. The van der Waals surface area contributed by atoms with Crippen LogP contribution in [-0.2, 0) is 5.54 Å². The molecule has 3 heteroatoms. The van der Waals surface area contributed by atoms with Crippen molar-refractivity contribution in [2.75, 3.05) is 14.2 Å². The smallest absolute Gasteiger partial charge is 0.166 e. The van der Waals surface area contributed by atoms with Crippen molar-refractivity contribution < 1.29 is 9.47 Å². The summed E-state index contributed by atoms with van der Waals surface area (Å²) in [4.78, 5) is 0. The summed E-state index contributed by atoms with van der Waals surface area (Å²) in [5.41, 5.74) is 9.64. The lowest BCUT2D eigenvalue weighted by molar-refractivity contribution is 0.348. The average Bonchev–Trinajstić information content (AvgIpc) is 3.00. The van der Waals surface area contributed by atoms with Gasteiger partial charge < -0.3 is 15.2 Å². The molecule has 0 spiro atoms. The molecule has 0 atom stereocenters. The second kappa shape index (κ2) is 3.67. The molecule has 3 nitrogen and oxygen atoms in total. The van der Waals surface area contributed by atoms with Gasteiger partial charge in [0.2, 0.25) is 0 Å². The molecule has 1 aromatic rings. The zero-order chi connectivity index (χ0) is 11.9. The van der Waals surface area contributed by atoms with Gasteiger partial charge in [-0.25, -0.2) is 0 Å². The lowest BCUT2D eigenvalue weighted by Crippen LogP contribution is -2.22. The molecule has 0 saturated heterocycles. The zero-order valence-corrected chi connectivity index (χ0v) is 10.4. The molecule has 1 aliphatic rings. The van der Waals surface area contributed by atoms with E-state index in [0.29, 0.717) is 0 Å². The van der Waals surface area contributed by atoms with Crippen LogP contribution < -0.4 is 15.2 Å². The topological polar surface area (TPSA) is 44.5 Å². The highest BCUT2D eigenvalue weighted by Gasteiger charge is 2.44. The lowest BCUT2D eigenvalue weighted by atomic mass is 9.94. The summed E-state index contributed by atoms with van der Waals surface area (Å²) >= 11 is 0. The Labute approximate surface area is 96.5 Å². The van der Waals surface area contributed by atoms with Gasteiger partial charge in [-0.1, -0.05) is 0 Å². The summed E-state index contributed by atoms with van der Waals surface area (Å²) in [6.45, 7) is 4.17. The van der Waals surface area contributed by atoms with Crippen molar-refractivity contribution in [1.29, 1.82) is 0 Å². The van der Waals surface area contributed by atoms with Gasteiger partial charge in [-0.2, -0.15) is 0 Å². The van der Waals surface area contributed by atoms with Gasteiger partial charge in [0, 0.05) is 11.1 Å². The number of aryl methyl sites for hydroxylation is 1. The Balaban J connectivity index is 2.67. The van der Waals surface area contributed by atoms with Crippen LogP contribution in [0, 0.1) is 13.8 Å². The minimum atomic E-state index is -0.200. The van der Waals surface area contributed by atoms with Crippen molar-refractivity contribution in [3.05, 3.63) is 22.8 Å². The number of nitrogens with two attached hydrogens (primary N) is 1. The Bertz CT molecular complexity index is 422. The van der Waals surface area contributed by atoms with Crippen molar-refractivity contribution in [3.8, 4) is 11.5 Å². The molecule has 0 aliphatic heterocycles. The molecule has 0 bridgehead atoms. The molecular formula is C13H19NO2. The van der Waals surface area contributed by atoms with Crippen molar-refractivity contribution in [2.24, 2.45) is 5.73 Å². The molecule has 2 N–H and O–H groups in total. The number of hydrogen-bond donors (Lipinski definition) is 1. The summed E-state index contributed by atoms with van der Waals surface area (Å²) in [5, 5.41) is 0. The Morgan fingerprint density at radius 2 is 1.81 bits per heavy atom. The van der Waals surface area contributed by atoms with Crippen molar-refractivity contribution in [3.63, 3.8) is 0 Å². The summed E-state index contributed by atoms with van der Waals surface area (Å²) in [7, 11) is 3.33. The number of rotatable bonds is 3. The first-order valence-electron chi connectivity index (χ1n) is 5.55. The summed E-state index contributed by atoms with van der Waals surface area (Å²) < 4.78 is 10.8. The minimum Gasteiger partial charge on any atom is -0.493 e. The predicted molar refractivity (Wildman–Crippen MR) is 64.1 cm³/mol. The maximum absolute atomic E-state index is 6.30. The summed E-state index contributed by atoms with van der Waals surface area (Å²) in [6, 6.07) is 2.00. The van der Waals surface area contributed by atoms with Crippen molar-refractivity contribution in [1.82, 2.24) is 0 Å². The lowest BCUT2D eigenvalue weighted by Gasteiger charge is -2.21. The van der Waals surface area contributed by atoms with Gasteiger partial charge in [0.1, 0.15) is 0 Å². The summed E-state index contributed by atoms with van der Waals surface area (Å²) in [5.74, 6) is 1.57. The van der Waals surface area contributed by atoms with E-state index >= 15 is 0 Å². The van der Waals surface area contributed by atoms with Crippen LogP contribution in [0.3, 0.4) is 0 Å². The van der Waals surface area contributed by atoms with Crippen molar-refractivity contribution in [2.45, 2.75) is 32.2 Å². The third kappa shape index (κ3) is 1.55. The molecule has 0 aromatic heterocycles. The molecule has 2 rings (SSSR count).